The van der Waals surface area contributed by atoms with E-state index in [9.17, 15) is 4.79 Å². The molecule has 0 saturated heterocycles. The number of carbonyl (C=O) groups excluding carboxylic acids is 1. The second-order valence-electron chi connectivity index (χ2n) is 6.49. The number of guanidine groups is 1. The molecule has 0 aliphatic heterocycles. The van der Waals surface area contributed by atoms with Gasteiger partial charge in [0.15, 0.2) is 5.96 Å². The smallest absolute Gasteiger partial charge is 0.350 e. The third kappa shape index (κ3) is 6.50. The molecule has 0 amide bonds. The summed E-state index contributed by atoms with van der Waals surface area (Å²) in [5, 5.41) is 7.28. The van der Waals surface area contributed by atoms with Crippen LogP contribution in [0.1, 0.15) is 46.0 Å². The van der Waals surface area contributed by atoms with Gasteiger partial charge in [-0.3, -0.25) is 4.99 Å². The van der Waals surface area contributed by atoms with Crippen LogP contribution in [0.25, 0.3) is 11.5 Å². The number of carbonyl (C=O) groups is 1. The maximum Gasteiger partial charge on any atom is 0.350 e. The van der Waals surface area contributed by atoms with Gasteiger partial charge < -0.3 is 19.8 Å². The summed E-state index contributed by atoms with van der Waals surface area (Å²) in [4.78, 5) is 25.8. The van der Waals surface area contributed by atoms with Crippen LogP contribution in [0.3, 0.4) is 0 Å². The molecular formula is C21H26IN5O3S. The maximum absolute atomic E-state index is 12.0. The minimum atomic E-state index is -0.339. The first-order chi connectivity index (χ1) is 14.5. The van der Waals surface area contributed by atoms with Crippen molar-refractivity contribution in [2.75, 3.05) is 13.7 Å². The molecule has 0 spiro atoms. The zero-order valence-corrected chi connectivity index (χ0v) is 21.0. The highest BCUT2D eigenvalue weighted by molar-refractivity contribution is 14.0. The molecule has 0 fully saturated rings. The molecule has 3 rings (SSSR count). The normalized spacial score (nSPS) is 12.1. The number of benzene rings is 1. The van der Waals surface area contributed by atoms with Crippen molar-refractivity contribution in [1.29, 1.82) is 0 Å². The van der Waals surface area contributed by atoms with Crippen molar-refractivity contribution in [2.24, 2.45) is 4.99 Å². The van der Waals surface area contributed by atoms with Gasteiger partial charge in [0.25, 0.3) is 0 Å². The van der Waals surface area contributed by atoms with Gasteiger partial charge in [-0.2, -0.15) is 0 Å². The Morgan fingerprint density at radius 2 is 2.03 bits per heavy atom. The number of esters is 1. The Morgan fingerprint density at radius 3 is 2.71 bits per heavy atom. The van der Waals surface area contributed by atoms with Crippen molar-refractivity contribution in [3.63, 3.8) is 0 Å². The molecule has 2 heterocycles. The molecule has 3 aromatic rings. The van der Waals surface area contributed by atoms with Crippen LogP contribution in [0.15, 0.2) is 46.0 Å². The average Bonchev–Trinajstić information content (AvgIpc) is 3.38. The topological polar surface area (TPSA) is 102 Å². The van der Waals surface area contributed by atoms with Crippen molar-refractivity contribution in [2.45, 2.75) is 33.4 Å². The summed E-state index contributed by atoms with van der Waals surface area (Å²) in [7, 11) is 1.69. The molecule has 1 unspecified atom stereocenters. The number of thiazole rings is 1. The fourth-order valence-electron chi connectivity index (χ4n) is 2.73. The summed E-state index contributed by atoms with van der Waals surface area (Å²) in [5.74, 6) is 0.833. The molecule has 0 radical (unpaired) electrons. The summed E-state index contributed by atoms with van der Waals surface area (Å²) in [6.07, 6.45) is 1.63. The van der Waals surface area contributed by atoms with E-state index < -0.39 is 0 Å². The van der Waals surface area contributed by atoms with Gasteiger partial charge in [0.2, 0.25) is 5.89 Å². The Kier molecular flexibility index (Phi) is 9.44. The molecule has 10 heteroatoms. The average molecular weight is 555 g/mol. The lowest BCUT2D eigenvalue weighted by Gasteiger charge is -2.15. The quantitative estimate of drug-likeness (QED) is 0.194. The van der Waals surface area contributed by atoms with Gasteiger partial charge in [-0.1, -0.05) is 18.2 Å². The summed E-state index contributed by atoms with van der Waals surface area (Å²) >= 11 is 1.33. The van der Waals surface area contributed by atoms with Gasteiger partial charge in [-0.05, 0) is 32.9 Å². The number of ether oxygens (including phenoxy) is 1. The van der Waals surface area contributed by atoms with Gasteiger partial charge in [-0.15, -0.1) is 35.3 Å². The van der Waals surface area contributed by atoms with E-state index in [0.29, 0.717) is 35.6 Å². The second-order valence-corrected chi connectivity index (χ2v) is 7.52. The first-order valence-electron chi connectivity index (χ1n) is 9.63. The van der Waals surface area contributed by atoms with E-state index in [1.807, 2.05) is 37.3 Å². The molecule has 0 saturated carbocycles. The number of nitrogens with one attached hydrogen (secondary N) is 2. The Labute approximate surface area is 202 Å². The number of hydrogen-bond donors (Lipinski definition) is 2. The molecule has 2 N–H and O–H groups in total. The van der Waals surface area contributed by atoms with Gasteiger partial charge >= 0.3 is 5.97 Å². The SMILES string of the molecule is CCOC(=O)c1sc(C(C)NC(=NC)NCc2coc(-c3ccccc3)n2)nc1C.I. The fourth-order valence-corrected chi connectivity index (χ4v) is 3.69. The third-order valence-electron chi connectivity index (χ3n) is 4.23. The molecular weight excluding hydrogens is 529 g/mol. The van der Waals surface area contributed by atoms with Crippen LogP contribution in [-0.2, 0) is 11.3 Å². The molecule has 8 nitrogen and oxygen atoms in total. The first-order valence-corrected chi connectivity index (χ1v) is 10.4. The highest BCUT2D eigenvalue weighted by Crippen LogP contribution is 2.24. The number of nitrogens with zero attached hydrogens (tertiary/aromatic N) is 3. The molecule has 0 bridgehead atoms. The summed E-state index contributed by atoms with van der Waals surface area (Å²) in [5.41, 5.74) is 2.36. The summed E-state index contributed by atoms with van der Waals surface area (Å²) in [6.45, 7) is 6.34. The Morgan fingerprint density at radius 1 is 1.29 bits per heavy atom. The lowest BCUT2D eigenvalue weighted by molar-refractivity contribution is 0.0531. The molecule has 166 valence electrons. The van der Waals surface area contributed by atoms with Crippen molar-refractivity contribution in [1.82, 2.24) is 20.6 Å². The number of aryl methyl sites for hydroxylation is 1. The zero-order chi connectivity index (χ0) is 21.5. The van der Waals surface area contributed by atoms with E-state index in [-0.39, 0.29) is 36.0 Å². The molecule has 1 atom stereocenters. The van der Waals surface area contributed by atoms with Crippen LogP contribution in [0.5, 0.6) is 0 Å². The molecule has 31 heavy (non-hydrogen) atoms. The lowest BCUT2D eigenvalue weighted by Crippen LogP contribution is -2.38. The van der Waals surface area contributed by atoms with E-state index in [0.717, 1.165) is 16.3 Å². The highest BCUT2D eigenvalue weighted by Gasteiger charge is 2.20. The fraction of sp³-hybridized carbons (Fsp3) is 0.333. The van der Waals surface area contributed by atoms with E-state index in [4.69, 9.17) is 9.15 Å². The van der Waals surface area contributed by atoms with Crippen molar-refractivity contribution in [3.05, 3.63) is 57.9 Å². The number of hydrogen-bond acceptors (Lipinski definition) is 7. The molecule has 0 aliphatic rings. The predicted molar refractivity (Wildman–Crippen MR) is 132 cm³/mol. The monoisotopic (exact) mass is 555 g/mol. The van der Waals surface area contributed by atoms with Crippen LogP contribution in [0, 0.1) is 6.92 Å². The van der Waals surface area contributed by atoms with Gasteiger partial charge in [0.05, 0.1) is 30.6 Å². The minimum absolute atomic E-state index is 0. The number of oxazole rings is 1. The number of rotatable bonds is 7. The minimum Gasteiger partial charge on any atom is -0.462 e. The van der Waals surface area contributed by atoms with E-state index in [1.165, 1.54) is 11.3 Å². The van der Waals surface area contributed by atoms with Gasteiger partial charge in [0.1, 0.15) is 16.1 Å². The van der Waals surface area contributed by atoms with Crippen LogP contribution >= 0.6 is 35.3 Å². The van der Waals surface area contributed by atoms with Crippen molar-refractivity contribution < 1.29 is 13.9 Å². The van der Waals surface area contributed by atoms with Crippen LogP contribution in [-0.4, -0.2) is 35.6 Å². The van der Waals surface area contributed by atoms with Crippen molar-refractivity contribution >= 4 is 47.2 Å². The second kappa shape index (κ2) is 11.8. The molecule has 2 aromatic heterocycles. The lowest BCUT2D eigenvalue weighted by atomic mass is 10.2. The number of halogens is 1. The standard InChI is InChI=1S/C21H25N5O3S.HI/c1-5-28-20(27)17-13(2)24-19(30-17)14(3)25-21(22-4)23-11-16-12-29-18(26-16)15-9-7-6-8-10-15;/h6-10,12,14H,5,11H2,1-4H3,(H2,22,23,25);1H. The zero-order valence-electron chi connectivity index (χ0n) is 17.8. The molecule has 1 aromatic carbocycles. The highest BCUT2D eigenvalue weighted by atomic mass is 127. The van der Waals surface area contributed by atoms with Crippen LogP contribution in [0.2, 0.25) is 0 Å². The molecule has 0 aliphatic carbocycles. The predicted octanol–water partition coefficient (Wildman–Crippen LogP) is 4.33. The van der Waals surface area contributed by atoms with E-state index in [2.05, 4.69) is 25.6 Å². The van der Waals surface area contributed by atoms with Gasteiger partial charge in [-0.25, -0.2) is 14.8 Å². The van der Waals surface area contributed by atoms with E-state index in [1.54, 1.807) is 27.2 Å². The Bertz CT molecular complexity index is 1020. The first kappa shape index (κ1) is 24.8. The summed E-state index contributed by atoms with van der Waals surface area (Å²) in [6, 6.07) is 9.60. The largest absolute Gasteiger partial charge is 0.462 e. The third-order valence-corrected chi connectivity index (χ3v) is 5.55. The number of aliphatic imine (C=N–C) groups is 1. The summed E-state index contributed by atoms with van der Waals surface area (Å²) < 4.78 is 10.6. The Balaban J connectivity index is 0.00000341. The Hall–Kier alpha value is -2.47. The van der Waals surface area contributed by atoms with Gasteiger partial charge in [0, 0.05) is 12.6 Å². The van der Waals surface area contributed by atoms with E-state index >= 15 is 0 Å². The van der Waals surface area contributed by atoms with Crippen LogP contribution < -0.4 is 10.6 Å². The van der Waals surface area contributed by atoms with Crippen molar-refractivity contribution in [3.8, 4) is 11.5 Å². The number of aromatic nitrogens is 2. The van der Waals surface area contributed by atoms with Crippen LogP contribution in [0.4, 0.5) is 0 Å². The maximum atomic E-state index is 12.0.